The van der Waals surface area contributed by atoms with Crippen LogP contribution in [0.15, 0.2) is 18.2 Å². The van der Waals surface area contributed by atoms with Crippen LogP contribution in [0.25, 0.3) is 0 Å². The molecule has 0 saturated carbocycles. The maximum atomic E-state index is 13.2. The summed E-state index contributed by atoms with van der Waals surface area (Å²) in [4.78, 5) is 0. The minimum Gasteiger partial charge on any atom is -0.388 e. The molecule has 102 valence electrons. The van der Waals surface area contributed by atoms with Crippen molar-refractivity contribution in [2.24, 2.45) is 7.05 Å². The molecule has 3 nitrogen and oxygen atoms in total. The van der Waals surface area contributed by atoms with E-state index in [1.54, 1.807) is 4.68 Å². The Morgan fingerprint density at radius 2 is 2.11 bits per heavy atom. The van der Waals surface area contributed by atoms with E-state index in [1.807, 2.05) is 20.9 Å². The van der Waals surface area contributed by atoms with Gasteiger partial charge in [-0.3, -0.25) is 4.68 Å². The second-order valence-electron chi connectivity index (χ2n) is 4.66. The molecule has 1 aromatic heterocycles. The van der Waals surface area contributed by atoms with E-state index in [2.05, 4.69) is 5.10 Å². The number of halogens is 2. The molecular formula is C14H16ClFN2O. The lowest BCUT2D eigenvalue weighted by molar-refractivity contribution is 0.177. The summed E-state index contributed by atoms with van der Waals surface area (Å²) in [6.07, 6.45) is -0.473. The summed E-state index contributed by atoms with van der Waals surface area (Å²) < 4.78 is 15.0. The smallest absolute Gasteiger partial charge is 0.123 e. The van der Waals surface area contributed by atoms with E-state index in [0.717, 1.165) is 17.0 Å². The lowest BCUT2D eigenvalue weighted by atomic mass is 10.00. The van der Waals surface area contributed by atoms with E-state index >= 15 is 0 Å². The average Bonchev–Trinajstić information content (AvgIpc) is 2.59. The first-order chi connectivity index (χ1) is 8.90. The van der Waals surface area contributed by atoms with Gasteiger partial charge in [-0.2, -0.15) is 5.10 Å². The number of aryl methyl sites for hydroxylation is 2. The molecule has 1 heterocycles. The monoisotopic (exact) mass is 282 g/mol. The molecule has 2 aromatic rings. The molecule has 19 heavy (non-hydrogen) atoms. The van der Waals surface area contributed by atoms with E-state index in [9.17, 15) is 9.50 Å². The molecule has 0 amide bonds. The van der Waals surface area contributed by atoms with Crippen molar-refractivity contribution >= 4 is 11.6 Å². The van der Waals surface area contributed by atoms with Crippen LogP contribution in [0.2, 0.25) is 5.02 Å². The van der Waals surface area contributed by atoms with Gasteiger partial charge in [-0.1, -0.05) is 11.6 Å². The zero-order chi connectivity index (χ0) is 14.2. The van der Waals surface area contributed by atoms with Gasteiger partial charge >= 0.3 is 0 Å². The fourth-order valence-corrected chi connectivity index (χ4v) is 2.43. The third-order valence-corrected chi connectivity index (χ3v) is 3.72. The first kappa shape index (κ1) is 14.0. The number of aliphatic hydroxyl groups is 1. The quantitative estimate of drug-likeness (QED) is 0.939. The van der Waals surface area contributed by atoms with Crippen molar-refractivity contribution < 1.29 is 9.50 Å². The van der Waals surface area contributed by atoms with Crippen molar-refractivity contribution in [3.05, 3.63) is 51.6 Å². The van der Waals surface area contributed by atoms with E-state index in [1.165, 1.54) is 18.2 Å². The van der Waals surface area contributed by atoms with Crippen molar-refractivity contribution in [2.75, 3.05) is 0 Å². The molecule has 1 unspecified atom stereocenters. The maximum Gasteiger partial charge on any atom is 0.123 e. The Kier molecular flexibility index (Phi) is 3.92. The lowest BCUT2D eigenvalue weighted by Gasteiger charge is -2.13. The van der Waals surface area contributed by atoms with Gasteiger partial charge in [0.25, 0.3) is 0 Å². The average molecular weight is 283 g/mol. The predicted octanol–water partition coefficient (Wildman–Crippen LogP) is 3.11. The molecule has 0 bridgehead atoms. The van der Waals surface area contributed by atoms with Crippen LogP contribution in [0.1, 0.15) is 28.6 Å². The summed E-state index contributed by atoms with van der Waals surface area (Å²) in [7, 11) is 1.85. The summed E-state index contributed by atoms with van der Waals surface area (Å²) in [5.74, 6) is -0.405. The fraction of sp³-hybridized carbons (Fsp3) is 0.357. The topological polar surface area (TPSA) is 38.0 Å². The van der Waals surface area contributed by atoms with Crippen LogP contribution >= 0.6 is 11.6 Å². The van der Waals surface area contributed by atoms with Gasteiger partial charge in [0.1, 0.15) is 5.82 Å². The van der Waals surface area contributed by atoms with E-state index < -0.39 is 11.9 Å². The highest BCUT2D eigenvalue weighted by molar-refractivity contribution is 6.31. The number of hydrogen-bond donors (Lipinski definition) is 1. The first-order valence-electron chi connectivity index (χ1n) is 6.02. The van der Waals surface area contributed by atoms with Gasteiger partial charge in [0.15, 0.2) is 0 Å². The number of hydrogen-bond acceptors (Lipinski definition) is 2. The predicted molar refractivity (Wildman–Crippen MR) is 72.8 cm³/mol. The lowest BCUT2D eigenvalue weighted by Crippen LogP contribution is -2.05. The molecule has 2 rings (SSSR count). The van der Waals surface area contributed by atoms with Crippen LogP contribution in [0.5, 0.6) is 0 Å². The van der Waals surface area contributed by atoms with Gasteiger partial charge in [-0.25, -0.2) is 4.39 Å². The van der Waals surface area contributed by atoms with Crippen molar-refractivity contribution in [3.8, 4) is 0 Å². The van der Waals surface area contributed by atoms with E-state index in [4.69, 9.17) is 11.6 Å². The van der Waals surface area contributed by atoms with Crippen molar-refractivity contribution in [1.82, 2.24) is 9.78 Å². The van der Waals surface area contributed by atoms with Crippen LogP contribution in [0.3, 0.4) is 0 Å². The Balaban J connectivity index is 2.30. The van der Waals surface area contributed by atoms with Gasteiger partial charge in [-0.05, 0) is 37.6 Å². The van der Waals surface area contributed by atoms with Crippen LogP contribution in [-0.2, 0) is 13.5 Å². The molecule has 1 aromatic carbocycles. The van der Waals surface area contributed by atoms with Crippen molar-refractivity contribution in [2.45, 2.75) is 26.4 Å². The zero-order valence-electron chi connectivity index (χ0n) is 11.1. The van der Waals surface area contributed by atoms with E-state index in [-0.39, 0.29) is 0 Å². The minimum absolute atomic E-state index is 0.369. The van der Waals surface area contributed by atoms with Crippen LogP contribution in [0, 0.1) is 19.7 Å². The molecule has 0 aliphatic heterocycles. The van der Waals surface area contributed by atoms with Gasteiger partial charge < -0.3 is 5.11 Å². The Morgan fingerprint density at radius 1 is 1.42 bits per heavy atom. The molecule has 0 radical (unpaired) electrons. The second kappa shape index (κ2) is 5.31. The Labute approximate surface area is 116 Å². The molecule has 1 N–H and O–H groups in total. The minimum atomic E-state index is -0.843. The third kappa shape index (κ3) is 2.80. The summed E-state index contributed by atoms with van der Waals surface area (Å²) in [5.41, 5.74) is 3.23. The Bertz CT molecular complexity index is 610. The maximum absolute atomic E-state index is 13.2. The van der Waals surface area contributed by atoms with Crippen LogP contribution < -0.4 is 0 Å². The molecule has 0 saturated heterocycles. The first-order valence-corrected chi connectivity index (χ1v) is 6.40. The van der Waals surface area contributed by atoms with Gasteiger partial charge in [0.2, 0.25) is 0 Å². The van der Waals surface area contributed by atoms with Gasteiger partial charge in [-0.15, -0.1) is 0 Å². The van der Waals surface area contributed by atoms with Crippen molar-refractivity contribution in [1.29, 1.82) is 0 Å². The SMILES string of the molecule is Cc1nn(C)c(C)c1CC(O)c1cc(F)ccc1Cl. The molecule has 0 aliphatic rings. The highest BCUT2D eigenvalue weighted by Crippen LogP contribution is 2.28. The summed E-state index contributed by atoms with van der Waals surface area (Å²) >= 11 is 5.99. The van der Waals surface area contributed by atoms with Crippen LogP contribution in [0.4, 0.5) is 4.39 Å². The molecule has 5 heteroatoms. The molecule has 0 spiro atoms. The van der Waals surface area contributed by atoms with Crippen LogP contribution in [-0.4, -0.2) is 14.9 Å². The van der Waals surface area contributed by atoms with Gasteiger partial charge in [0.05, 0.1) is 11.8 Å². The summed E-state index contributed by atoms with van der Waals surface area (Å²) in [5, 5.41) is 14.9. The second-order valence-corrected chi connectivity index (χ2v) is 5.07. The van der Waals surface area contributed by atoms with Crippen molar-refractivity contribution in [3.63, 3.8) is 0 Å². The largest absolute Gasteiger partial charge is 0.388 e. The Hall–Kier alpha value is -1.39. The number of nitrogens with zero attached hydrogens (tertiary/aromatic N) is 2. The Morgan fingerprint density at radius 3 is 2.68 bits per heavy atom. The fourth-order valence-electron chi connectivity index (χ4n) is 2.19. The highest BCUT2D eigenvalue weighted by Gasteiger charge is 2.18. The molecule has 0 fully saturated rings. The summed E-state index contributed by atoms with van der Waals surface area (Å²) in [6.45, 7) is 3.83. The highest BCUT2D eigenvalue weighted by atomic mass is 35.5. The standard InChI is InChI=1S/C14H16ClFN2O/c1-8-11(9(2)18(3)17-8)7-14(19)12-6-10(16)4-5-13(12)15/h4-6,14,19H,7H2,1-3H3. The number of benzene rings is 1. The molecular weight excluding hydrogens is 267 g/mol. The van der Waals surface area contributed by atoms with Gasteiger partial charge in [0, 0.05) is 29.7 Å². The number of aliphatic hydroxyl groups excluding tert-OH is 1. The number of rotatable bonds is 3. The summed E-state index contributed by atoms with van der Waals surface area (Å²) in [6, 6.07) is 4.01. The third-order valence-electron chi connectivity index (χ3n) is 3.37. The zero-order valence-corrected chi connectivity index (χ0v) is 11.9. The number of aromatic nitrogens is 2. The molecule has 0 aliphatic carbocycles. The normalized spacial score (nSPS) is 12.7. The van der Waals surface area contributed by atoms with E-state index in [0.29, 0.717) is 17.0 Å². The molecule has 1 atom stereocenters.